The molecule has 1 fully saturated rings. The number of thiophene rings is 1. The summed E-state index contributed by atoms with van der Waals surface area (Å²) in [6, 6.07) is 8.90. The Bertz CT molecular complexity index is 730. The van der Waals surface area contributed by atoms with Crippen LogP contribution in [0, 0.1) is 5.92 Å². The molecule has 1 amide bonds. The summed E-state index contributed by atoms with van der Waals surface area (Å²) >= 11 is 13.8. The third-order valence-electron chi connectivity index (χ3n) is 4.62. The highest BCUT2D eigenvalue weighted by molar-refractivity contribution is 7.10. The van der Waals surface area contributed by atoms with Crippen molar-refractivity contribution in [3.63, 3.8) is 0 Å². The lowest BCUT2D eigenvalue weighted by atomic mass is 9.91. The Kier molecular flexibility index (Phi) is 6.39. The van der Waals surface area contributed by atoms with Crippen molar-refractivity contribution in [1.82, 2.24) is 5.32 Å². The van der Waals surface area contributed by atoms with Gasteiger partial charge in [0.05, 0.1) is 11.1 Å². The summed E-state index contributed by atoms with van der Waals surface area (Å²) in [6.45, 7) is 0. The summed E-state index contributed by atoms with van der Waals surface area (Å²) in [6.07, 6.45) is 4.77. The van der Waals surface area contributed by atoms with Crippen molar-refractivity contribution in [1.29, 1.82) is 0 Å². The normalized spacial score (nSPS) is 16.4. The van der Waals surface area contributed by atoms with Crippen LogP contribution in [0.3, 0.4) is 0 Å². The number of benzene rings is 1. The molecule has 134 valence electrons. The monoisotopic (exact) mass is 396 g/mol. The molecule has 2 aromatic rings. The molecule has 1 aromatic heterocycles. The maximum Gasteiger partial charge on any atom is 0.242 e. The SMILES string of the molecule is CNC(C(=O)Nc1cccc(Cl)c1)C(CCC1CC1)c1cc(Cl)cs1. The van der Waals surface area contributed by atoms with Crippen molar-refractivity contribution in [2.75, 3.05) is 12.4 Å². The van der Waals surface area contributed by atoms with Crippen LogP contribution in [0.1, 0.15) is 36.5 Å². The van der Waals surface area contributed by atoms with E-state index in [1.54, 1.807) is 23.5 Å². The zero-order valence-electron chi connectivity index (χ0n) is 14.1. The maximum absolute atomic E-state index is 12.9. The van der Waals surface area contributed by atoms with Gasteiger partial charge in [-0.15, -0.1) is 11.3 Å². The van der Waals surface area contributed by atoms with Gasteiger partial charge >= 0.3 is 0 Å². The first-order valence-corrected chi connectivity index (χ1v) is 10.2. The summed E-state index contributed by atoms with van der Waals surface area (Å²) in [4.78, 5) is 14.1. The fourth-order valence-electron chi connectivity index (χ4n) is 3.12. The first-order chi connectivity index (χ1) is 12.1. The number of nitrogens with one attached hydrogen (secondary N) is 2. The molecule has 1 saturated carbocycles. The van der Waals surface area contributed by atoms with E-state index in [1.807, 2.05) is 30.6 Å². The van der Waals surface area contributed by atoms with Crippen molar-refractivity contribution in [2.24, 2.45) is 5.92 Å². The van der Waals surface area contributed by atoms with Gasteiger partial charge in [-0.25, -0.2) is 0 Å². The van der Waals surface area contributed by atoms with Gasteiger partial charge in [0, 0.05) is 26.9 Å². The van der Waals surface area contributed by atoms with Gasteiger partial charge in [-0.1, -0.05) is 42.1 Å². The first-order valence-electron chi connectivity index (χ1n) is 8.54. The lowest BCUT2D eigenvalue weighted by molar-refractivity contribution is -0.118. The molecule has 0 radical (unpaired) electrons. The first kappa shape index (κ1) is 18.7. The van der Waals surface area contributed by atoms with Gasteiger partial charge < -0.3 is 10.6 Å². The summed E-state index contributed by atoms with van der Waals surface area (Å²) in [5.41, 5.74) is 0.711. The van der Waals surface area contributed by atoms with Gasteiger partial charge in [0.1, 0.15) is 0 Å². The van der Waals surface area contributed by atoms with Gasteiger partial charge in [-0.2, -0.15) is 0 Å². The van der Waals surface area contributed by atoms with E-state index in [-0.39, 0.29) is 17.9 Å². The van der Waals surface area contributed by atoms with E-state index >= 15 is 0 Å². The van der Waals surface area contributed by atoms with Crippen LogP contribution in [0.4, 0.5) is 5.69 Å². The Hall–Kier alpha value is -1.07. The smallest absolute Gasteiger partial charge is 0.242 e. The van der Waals surface area contributed by atoms with E-state index in [9.17, 15) is 4.79 Å². The van der Waals surface area contributed by atoms with Crippen LogP contribution in [0.15, 0.2) is 35.7 Å². The molecular weight excluding hydrogens is 375 g/mol. The van der Waals surface area contributed by atoms with Crippen molar-refractivity contribution >= 4 is 46.1 Å². The lowest BCUT2D eigenvalue weighted by Crippen LogP contribution is -2.43. The minimum Gasteiger partial charge on any atom is -0.325 e. The van der Waals surface area contributed by atoms with Gasteiger partial charge in [-0.05, 0) is 50.1 Å². The number of carbonyl (C=O) groups excluding carboxylic acids is 1. The van der Waals surface area contributed by atoms with Crippen LogP contribution >= 0.6 is 34.5 Å². The highest BCUT2D eigenvalue weighted by Gasteiger charge is 2.31. The number of likely N-dealkylation sites (N-methyl/N-ethyl adjacent to an activating group) is 1. The molecule has 25 heavy (non-hydrogen) atoms. The summed E-state index contributed by atoms with van der Waals surface area (Å²) in [5, 5.41) is 9.46. The maximum atomic E-state index is 12.9. The number of carbonyl (C=O) groups is 1. The van der Waals surface area contributed by atoms with Crippen LogP contribution in [-0.2, 0) is 4.79 Å². The molecule has 1 aliphatic rings. The molecule has 0 spiro atoms. The summed E-state index contributed by atoms with van der Waals surface area (Å²) in [5.74, 6) is 0.892. The largest absolute Gasteiger partial charge is 0.325 e. The van der Waals surface area contributed by atoms with Gasteiger partial charge in [-0.3, -0.25) is 4.79 Å². The molecule has 0 bridgehead atoms. The second kappa shape index (κ2) is 8.54. The molecule has 1 aliphatic carbocycles. The van der Waals surface area contributed by atoms with Gasteiger partial charge in [0.25, 0.3) is 0 Å². The topological polar surface area (TPSA) is 41.1 Å². The molecule has 0 saturated heterocycles. The highest BCUT2D eigenvalue weighted by Crippen LogP contribution is 2.39. The molecule has 3 nitrogen and oxygen atoms in total. The number of hydrogen-bond acceptors (Lipinski definition) is 3. The Balaban J connectivity index is 1.76. The quantitative estimate of drug-likeness (QED) is 0.613. The Morgan fingerprint density at radius 2 is 2.08 bits per heavy atom. The number of halogens is 2. The Morgan fingerprint density at radius 3 is 2.68 bits per heavy atom. The number of hydrogen-bond donors (Lipinski definition) is 2. The van der Waals surface area contributed by atoms with Crippen LogP contribution in [-0.4, -0.2) is 19.0 Å². The second-order valence-electron chi connectivity index (χ2n) is 6.56. The van der Waals surface area contributed by atoms with E-state index in [4.69, 9.17) is 23.2 Å². The standard InChI is InChI=1S/C19H22Cl2N2OS/c1-22-18(19(24)23-15-4-2-3-13(20)9-15)16(8-7-12-5-6-12)17-10-14(21)11-25-17/h2-4,9-12,16,18,22H,5-8H2,1H3,(H,23,24). The average Bonchev–Trinajstić information content (AvgIpc) is 3.31. The summed E-state index contributed by atoms with van der Waals surface area (Å²) in [7, 11) is 1.83. The predicted molar refractivity (Wildman–Crippen MR) is 107 cm³/mol. The molecule has 6 heteroatoms. The predicted octanol–water partition coefficient (Wildman–Crippen LogP) is 5.56. The zero-order valence-corrected chi connectivity index (χ0v) is 16.4. The average molecular weight is 397 g/mol. The van der Waals surface area contributed by atoms with Crippen LogP contribution < -0.4 is 10.6 Å². The molecule has 2 unspecified atom stereocenters. The molecule has 1 heterocycles. The molecule has 0 aliphatic heterocycles. The van der Waals surface area contributed by atoms with Crippen molar-refractivity contribution in [3.05, 3.63) is 50.6 Å². The van der Waals surface area contributed by atoms with E-state index in [1.165, 1.54) is 12.8 Å². The third kappa shape index (κ3) is 5.20. The van der Waals surface area contributed by atoms with E-state index in [0.717, 1.165) is 28.7 Å². The number of anilines is 1. The second-order valence-corrected chi connectivity index (χ2v) is 8.38. The fraction of sp³-hybridized carbons (Fsp3) is 0.421. The summed E-state index contributed by atoms with van der Waals surface area (Å²) < 4.78 is 0. The molecule has 2 atom stereocenters. The fourth-order valence-corrected chi connectivity index (χ4v) is 4.57. The van der Waals surface area contributed by atoms with Gasteiger partial charge in [0.15, 0.2) is 0 Å². The lowest BCUT2D eigenvalue weighted by Gasteiger charge is -2.25. The molecule has 3 rings (SSSR count). The van der Waals surface area contributed by atoms with E-state index in [0.29, 0.717) is 10.7 Å². The Labute approximate surface area is 162 Å². The minimum atomic E-state index is -0.313. The third-order valence-corrected chi connectivity index (χ3v) is 6.27. The van der Waals surface area contributed by atoms with E-state index < -0.39 is 0 Å². The molecule has 2 N–H and O–H groups in total. The number of rotatable bonds is 8. The highest BCUT2D eigenvalue weighted by atomic mass is 35.5. The van der Waals surface area contributed by atoms with E-state index in [2.05, 4.69) is 10.6 Å². The molecular formula is C19H22Cl2N2OS. The van der Waals surface area contributed by atoms with Crippen LogP contribution in [0.25, 0.3) is 0 Å². The molecule has 1 aromatic carbocycles. The number of amides is 1. The zero-order chi connectivity index (χ0) is 17.8. The van der Waals surface area contributed by atoms with Crippen LogP contribution in [0.5, 0.6) is 0 Å². The van der Waals surface area contributed by atoms with Crippen molar-refractivity contribution < 1.29 is 4.79 Å². The van der Waals surface area contributed by atoms with Crippen LogP contribution in [0.2, 0.25) is 10.0 Å². The van der Waals surface area contributed by atoms with Gasteiger partial charge in [0.2, 0.25) is 5.91 Å². The minimum absolute atomic E-state index is 0.0462. The Morgan fingerprint density at radius 1 is 1.28 bits per heavy atom. The van der Waals surface area contributed by atoms with Crippen molar-refractivity contribution in [3.8, 4) is 0 Å². The van der Waals surface area contributed by atoms with Crippen molar-refractivity contribution in [2.45, 2.75) is 37.6 Å².